The number of nitrogens with one attached hydrogen (secondary N) is 1. The SMILES string of the molecule is Cl.O=C(C1CCCNC1)N1CC2(CCCC2)c2c(F)cccc21. The number of hydrogen-bond donors (Lipinski definition) is 1. The Morgan fingerprint density at radius 1 is 1.26 bits per heavy atom. The lowest BCUT2D eigenvalue weighted by Crippen LogP contribution is -2.44. The van der Waals surface area contributed by atoms with E-state index in [-0.39, 0.29) is 35.5 Å². The van der Waals surface area contributed by atoms with E-state index < -0.39 is 0 Å². The lowest BCUT2D eigenvalue weighted by Gasteiger charge is -2.29. The Hall–Kier alpha value is -1.13. The minimum absolute atomic E-state index is 0. The van der Waals surface area contributed by atoms with Crippen LogP contribution in [0.25, 0.3) is 0 Å². The molecule has 1 N–H and O–H groups in total. The summed E-state index contributed by atoms with van der Waals surface area (Å²) in [7, 11) is 0. The molecule has 1 aromatic carbocycles. The lowest BCUT2D eigenvalue weighted by atomic mass is 9.80. The molecule has 2 fully saturated rings. The van der Waals surface area contributed by atoms with Gasteiger partial charge in [0.2, 0.25) is 5.91 Å². The van der Waals surface area contributed by atoms with E-state index in [4.69, 9.17) is 0 Å². The van der Waals surface area contributed by atoms with Gasteiger partial charge in [-0.3, -0.25) is 4.79 Å². The van der Waals surface area contributed by atoms with Crippen molar-refractivity contribution in [2.45, 2.75) is 43.9 Å². The van der Waals surface area contributed by atoms with Crippen LogP contribution in [0.1, 0.15) is 44.1 Å². The van der Waals surface area contributed by atoms with Gasteiger partial charge in [0.1, 0.15) is 5.82 Å². The average molecular weight is 339 g/mol. The predicted octanol–water partition coefficient (Wildman–Crippen LogP) is 3.41. The molecule has 1 aromatic rings. The highest BCUT2D eigenvalue weighted by Crippen LogP contribution is 2.51. The first-order valence-electron chi connectivity index (χ1n) is 8.52. The summed E-state index contributed by atoms with van der Waals surface area (Å²) in [6, 6.07) is 5.22. The van der Waals surface area contributed by atoms with E-state index in [0.717, 1.165) is 62.9 Å². The zero-order valence-corrected chi connectivity index (χ0v) is 14.1. The van der Waals surface area contributed by atoms with Gasteiger partial charge in [-0.15, -0.1) is 12.4 Å². The van der Waals surface area contributed by atoms with Crippen molar-refractivity contribution in [3.05, 3.63) is 29.6 Å². The number of carbonyl (C=O) groups excluding carboxylic acids is 1. The second-order valence-electron chi connectivity index (χ2n) is 7.09. The van der Waals surface area contributed by atoms with Crippen LogP contribution in [-0.4, -0.2) is 25.5 Å². The molecule has 0 bridgehead atoms. The summed E-state index contributed by atoms with van der Waals surface area (Å²) in [6.45, 7) is 2.44. The normalized spacial score (nSPS) is 25.3. The number of fused-ring (bicyclic) bond motifs is 2. The third kappa shape index (κ3) is 2.66. The molecule has 1 atom stereocenters. The summed E-state index contributed by atoms with van der Waals surface area (Å²) in [6.07, 6.45) is 6.29. The summed E-state index contributed by atoms with van der Waals surface area (Å²) in [4.78, 5) is 14.9. The first-order chi connectivity index (χ1) is 10.7. The Labute approximate surface area is 143 Å². The van der Waals surface area contributed by atoms with Crippen LogP contribution in [0, 0.1) is 11.7 Å². The molecule has 2 heterocycles. The number of rotatable bonds is 1. The highest BCUT2D eigenvalue weighted by molar-refractivity contribution is 5.98. The van der Waals surface area contributed by atoms with Gasteiger partial charge in [0.05, 0.1) is 11.6 Å². The molecule has 1 saturated heterocycles. The van der Waals surface area contributed by atoms with E-state index in [1.807, 2.05) is 11.0 Å². The summed E-state index contributed by atoms with van der Waals surface area (Å²) < 4.78 is 14.5. The van der Waals surface area contributed by atoms with Crippen LogP contribution in [0.15, 0.2) is 18.2 Å². The maximum atomic E-state index is 14.5. The molecule has 2 aliphatic heterocycles. The van der Waals surface area contributed by atoms with Crippen LogP contribution in [0.5, 0.6) is 0 Å². The molecule has 1 saturated carbocycles. The van der Waals surface area contributed by atoms with Gasteiger partial charge in [0.15, 0.2) is 0 Å². The predicted molar refractivity (Wildman–Crippen MR) is 91.7 cm³/mol. The number of anilines is 1. The summed E-state index contributed by atoms with van der Waals surface area (Å²) in [5.41, 5.74) is 1.51. The van der Waals surface area contributed by atoms with Crippen LogP contribution < -0.4 is 10.2 Å². The number of hydrogen-bond acceptors (Lipinski definition) is 2. The largest absolute Gasteiger partial charge is 0.316 e. The number of carbonyl (C=O) groups is 1. The molecule has 1 unspecified atom stereocenters. The van der Waals surface area contributed by atoms with Gasteiger partial charge in [-0.2, -0.15) is 0 Å². The number of amides is 1. The Morgan fingerprint density at radius 3 is 2.74 bits per heavy atom. The second kappa shape index (κ2) is 6.40. The van der Waals surface area contributed by atoms with E-state index in [1.165, 1.54) is 0 Å². The van der Waals surface area contributed by atoms with Crippen molar-refractivity contribution in [2.24, 2.45) is 5.92 Å². The van der Waals surface area contributed by atoms with Crippen molar-refractivity contribution in [1.29, 1.82) is 0 Å². The van der Waals surface area contributed by atoms with Crippen LogP contribution in [-0.2, 0) is 10.2 Å². The van der Waals surface area contributed by atoms with Crippen molar-refractivity contribution < 1.29 is 9.18 Å². The van der Waals surface area contributed by atoms with Gasteiger partial charge in [-0.1, -0.05) is 18.9 Å². The molecule has 23 heavy (non-hydrogen) atoms. The summed E-state index contributed by atoms with van der Waals surface area (Å²) >= 11 is 0. The monoisotopic (exact) mass is 338 g/mol. The summed E-state index contributed by atoms with van der Waals surface area (Å²) in [5.74, 6) is 0.0979. The van der Waals surface area contributed by atoms with Crippen LogP contribution >= 0.6 is 12.4 Å². The van der Waals surface area contributed by atoms with Crippen molar-refractivity contribution in [1.82, 2.24) is 5.32 Å². The molecular formula is C18H24ClFN2O. The quantitative estimate of drug-likeness (QED) is 0.851. The van der Waals surface area contributed by atoms with Gasteiger partial charge >= 0.3 is 0 Å². The molecule has 5 heteroatoms. The third-order valence-corrected chi connectivity index (χ3v) is 5.75. The third-order valence-electron chi connectivity index (χ3n) is 5.75. The van der Waals surface area contributed by atoms with Crippen LogP contribution in [0.4, 0.5) is 10.1 Å². The Bertz CT molecular complexity index is 595. The molecule has 1 aliphatic carbocycles. The molecule has 0 aromatic heterocycles. The van der Waals surface area contributed by atoms with E-state index >= 15 is 0 Å². The first-order valence-corrected chi connectivity index (χ1v) is 8.52. The smallest absolute Gasteiger partial charge is 0.231 e. The topological polar surface area (TPSA) is 32.3 Å². The van der Waals surface area contributed by atoms with E-state index in [9.17, 15) is 9.18 Å². The van der Waals surface area contributed by atoms with E-state index in [2.05, 4.69) is 5.32 Å². The number of nitrogens with zero attached hydrogens (tertiary/aromatic N) is 1. The number of halogens is 2. The fraction of sp³-hybridized carbons (Fsp3) is 0.611. The van der Waals surface area contributed by atoms with Gasteiger partial charge in [0, 0.05) is 24.1 Å². The van der Waals surface area contributed by atoms with Crippen LogP contribution in [0.3, 0.4) is 0 Å². The van der Waals surface area contributed by atoms with E-state index in [0.29, 0.717) is 6.54 Å². The highest BCUT2D eigenvalue weighted by Gasteiger charge is 2.48. The van der Waals surface area contributed by atoms with Gasteiger partial charge in [-0.25, -0.2) is 4.39 Å². The minimum atomic E-state index is -0.128. The van der Waals surface area contributed by atoms with Crippen LogP contribution in [0.2, 0.25) is 0 Å². The lowest BCUT2D eigenvalue weighted by molar-refractivity contribution is -0.122. The van der Waals surface area contributed by atoms with Crippen molar-refractivity contribution in [3.63, 3.8) is 0 Å². The van der Waals surface area contributed by atoms with Gasteiger partial charge in [0.25, 0.3) is 0 Å². The number of benzene rings is 1. The van der Waals surface area contributed by atoms with Crippen molar-refractivity contribution >= 4 is 24.0 Å². The molecule has 1 amide bonds. The second-order valence-corrected chi connectivity index (χ2v) is 7.09. The van der Waals surface area contributed by atoms with E-state index in [1.54, 1.807) is 12.1 Å². The highest BCUT2D eigenvalue weighted by atomic mass is 35.5. The molecule has 4 rings (SSSR count). The average Bonchev–Trinajstić information content (AvgIpc) is 3.15. The Morgan fingerprint density at radius 2 is 2.04 bits per heavy atom. The van der Waals surface area contributed by atoms with Gasteiger partial charge in [-0.05, 0) is 44.4 Å². The molecule has 3 aliphatic rings. The zero-order chi connectivity index (χ0) is 15.2. The standard InChI is InChI=1S/C18H23FN2O.ClH/c19-14-6-3-7-15-16(14)18(8-1-2-9-18)12-21(15)17(22)13-5-4-10-20-11-13;/h3,6-7,13,20H,1-2,4-5,8-12H2;1H. The number of piperidine rings is 1. The summed E-state index contributed by atoms with van der Waals surface area (Å²) in [5, 5.41) is 3.31. The Kier molecular flexibility index (Phi) is 4.65. The fourth-order valence-electron chi connectivity index (χ4n) is 4.67. The molecule has 3 nitrogen and oxygen atoms in total. The maximum Gasteiger partial charge on any atom is 0.231 e. The molecular weight excluding hydrogens is 315 g/mol. The van der Waals surface area contributed by atoms with Crippen molar-refractivity contribution in [2.75, 3.05) is 24.5 Å². The van der Waals surface area contributed by atoms with Crippen molar-refractivity contribution in [3.8, 4) is 0 Å². The maximum absolute atomic E-state index is 14.5. The zero-order valence-electron chi connectivity index (χ0n) is 13.3. The van der Waals surface area contributed by atoms with Gasteiger partial charge < -0.3 is 10.2 Å². The fourth-order valence-corrected chi connectivity index (χ4v) is 4.67. The minimum Gasteiger partial charge on any atom is -0.316 e. The Balaban J connectivity index is 0.00000156. The first kappa shape index (κ1) is 16.7. The molecule has 126 valence electrons. The molecule has 0 radical (unpaired) electrons. The molecule has 1 spiro atoms.